The van der Waals surface area contributed by atoms with Gasteiger partial charge in [-0.1, -0.05) is 33.4 Å². The second-order valence-electron chi connectivity index (χ2n) is 3.81. The van der Waals surface area contributed by atoms with Crippen molar-refractivity contribution in [1.82, 2.24) is 0 Å². The first-order chi connectivity index (χ1) is 4.99. The highest BCUT2D eigenvalue weighted by Gasteiger charge is 2.04. The summed E-state index contributed by atoms with van der Waals surface area (Å²) in [5.74, 6) is 0. The maximum absolute atomic E-state index is 5.07. The number of furan rings is 1. The second-order valence-corrected chi connectivity index (χ2v) is 3.81. The second kappa shape index (κ2) is 2.57. The third kappa shape index (κ3) is 2.26. The Morgan fingerprint density at radius 2 is 2.09 bits per heavy atom. The van der Waals surface area contributed by atoms with Crippen LogP contribution < -0.4 is 10.6 Å². The summed E-state index contributed by atoms with van der Waals surface area (Å²) < 4.78 is 5.07. The van der Waals surface area contributed by atoms with Gasteiger partial charge in [0, 0.05) is 5.22 Å². The molecule has 0 fully saturated rings. The molecule has 0 aliphatic heterocycles. The van der Waals surface area contributed by atoms with Crippen LogP contribution in [0.3, 0.4) is 0 Å². The molecule has 11 heavy (non-hydrogen) atoms. The van der Waals surface area contributed by atoms with Crippen LogP contribution in [0.1, 0.15) is 20.8 Å². The zero-order valence-corrected chi connectivity index (χ0v) is 7.35. The Kier molecular flexibility index (Phi) is 1.90. The fraction of sp³-hybridized carbons (Fsp3) is 0.400. The van der Waals surface area contributed by atoms with Crippen molar-refractivity contribution in [3.63, 3.8) is 0 Å². The fourth-order valence-corrected chi connectivity index (χ4v) is 0.946. The lowest BCUT2D eigenvalue weighted by Crippen LogP contribution is -2.20. The molecule has 60 valence electrons. The summed E-state index contributed by atoms with van der Waals surface area (Å²) >= 11 is 0. The molecule has 0 unspecified atom stereocenters. The minimum atomic E-state index is 0.191. The van der Waals surface area contributed by atoms with Crippen molar-refractivity contribution in [3.8, 4) is 0 Å². The van der Waals surface area contributed by atoms with Gasteiger partial charge in [-0.3, -0.25) is 0 Å². The Morgan fingerprint density at radius 3 is 2.45 bits per heavy atom. The van der Waals surface area contributed by atoms with Gasteiger partial charge in [0.05, 0.1) is 6.26 Å². The molecule has 1 heteroatoms. The first kappa shape index (κ1) is 8.12. The van der Waals surface area contributed by atoms with Crippen molar-refractivity contribution in [2.75, 3.05) is 0 Å². The Labute approximate surface area is 67.0 Å². The summed E-state index contributed by atoms with van der Waals surface area (Å²) in [6.45, 7) is 10.2. The molecule has 0 saturated heterocycles. The molecule has 0 aromatic carbocycles. The van der Waals surface area contributed by atoms with Crippen LogP contribution in [0.15, 0.2) is 16.7 Å². The smallest absolute Gasteiger partial charge is 0.126 e. The first-order valence-electron chi connectivity index (χ1n) is 3.74. The molecule has 1 heterocycles. The van der Waals surface area contributed by atoms with E-state index in [1.807, 2.05) is 6.07 Å². The summed E-state index contributed by atoms with van der Waals surface area (Å²) in [5, 5.41) is 1.09. The van der Waals surface area contributed by atoms with Crippen LogP contribution in [0.5, 0.6) is 0 Å². The lowest BCUT2D eigenvalue weighted by molar-refractivity contribution is 0.530. The van der Waals surface area contributed by atoms with Gasteiger partial charge in [-0.15, -0.1) is 0 Å². The van der Waals surface area contributed by atoms with E-state index in [0.717, 1.165) is 10.6 Å². The molecule has 0 aliphatic carbocycles. The lowest BCUT2D eigenvalue weighted by Gasteiger charge is -2.09. The largest absolute Gasteiger partial charge is 0.465 e. The van der Waals surface area contributed by atoms with Crippen LogP contribution in [0.4, 0.5) is 0 Å². The highest BCUT2D eigenvalue weighted by Crippen LogP contribution is 2.13. The zero-order valence-electron chi connectivity index (χ0n) is 7.35. The molecular formula is C10H14O. The Hall–Kier alpha value is -0.980. The third-order valence-corrected chi connectivity index (χ3v) is 1.37. The van der Waals surface area contributed by atoms with Crippen LogP contribution in [0.25, 0.3) is 12.7 Å². The molecule has 1 aromatic heterocycles. The molecule has 0 bridgehead atoms. The van der Waals surface area contributed by atoms with Gasteiger partial charge >= 0.3 is 0 Å². The van der Waals surface area contributed by atoms with Crippen molar-refractivity contribution >= 4 is 12.7 Å². The van der Waals surface area contributed by atoms with Crippen molar-refractivity contribution < 1.29 is 4.42 Å². The molecule has 1 rings (SSSR count). The van der Waals surface area contributed by atoms with E-state index < -0.39 is 0 Å². The standard InChI is InChI=1S/C10H14O/c1-8-9(5-6-11-8)7-10(2,3)4/h5-7H,1H2,2-4H3/b9-7-. The number of hydrogen-bond acceptors (Lipinski definition) is 1. The van der Waals surface area contributed by atoms with E-state index in [9.17, 15) is 0 Å². The SMILES string of the molecule is C=c1occ/c1=C/C(C)(C)C. The Bertz CT molecular complexity index is 324. The van der Waals surface area contributed by atoms with Gasteiger partial charge < -0.3 is 4.42 Å². The molecule has 0 saturated carbocycles. The maximum Gasteiger partial charge on any atom is 0.126 e. The monoisotopic (exact) mass is 150 g/mol. The quantitative estimate of drug-likeness (QED) is 0.546. The van der Waals surface area contributed by atoms with Crippen molar-refractivity contribution in [1.29, 1.82) is 0 Å². The fourth-order valence-electron chi connectivity index (χ4n) is 0.946. The van der Waals surface area contributed by atoms with Crippen molar-refractivity contribution in [2.24, 2.45) is 5.41 Å². The van der Waals surface area contributed by atoms with Crippen LogP contribution in [-0.4, -0.2) is 0 Å². The van der Waals surface area contributed by atoms with E-state index in [-0.39, 0.29) is 5.41 Å². The highest BCUT2D eigenvalue weighted by atomic mass is 16.3. The summed E-state index contributed by atoms with van der Waals surface area (Å²) in [6, 6.07) is 1.94. The van der Waals surface area contributed by atoms with Gasteiger partial charge in [-0.25, -0.2) is 0 Å². The summed E-state index contributed by atoms with van der Waals surface area (Å²) in [5.41, 5.74) is 0.941. The summed E-state index contributed by atoms with van der Waals surface area (Å²) in [4.78, 5) is 0. The number of rotatable bonds is 0. The van der Waals surface area contributed by atoms with Gasteiger partial charge in [-0.05, 0) is 11.5 Å². The summed E-state index contributed by atoms with van der Waals surface area (Å²) in [6.07, 6.45) is 3.82. The third-order valence-electron chi connectivity index (χ3n) is 1.37. The minimum Gasteiger partial charge on any atom is -0.465 e. The molecule has 0 radical (unpaired) electrons. The molecule has 0 spiro atoms. The average Bonchev–Trinajstić information content (AvgIpc) is 2.12. The molecule has 1 nitrogen and oxygen atoms in total. The molecule has 1 aromatic rings. The van der Waals surface area contributed by atoms with E-state index in [0.29, 0.717) is 0 Å². The minimum absolute atomic E-state index is 0.191. The van der Waals surface area contributed by atoms with Crippen LogP contribution in [-0.2, 0) is 0 Å². The Morgan fingerprint density at radius 1 is 1.45 bits per heavy atom. The van der Waals surface area contributed by atoms with Gasteiger partial charge in [-0.2, -0.15) is 0 Å². The predicted molar refractivity (Wildman–Crippen MR) is 47.4 cm³/mol. The normalized spacial score (nSPS) is 13.9. The van der Waals surface area contributed by atoms with Crippen molar-refractivity contribution in [3.05, 3.63) is 23.0 Å². The van der Waals surface area contributed by atoms with E-state index in [1.54, 1.807) is 6.26 Å². The van der Waals surface area contributed by atoms with E-state index in [4.69, 9.17) is 4.42 Å². The predicted octanol–water partition coefficient (Wildman–Crippen LogP) is 1.52. The van der Waals surface area contributed by atoms with Gasteiger partial charge in [0.25, 0.3) is 0 Å². The van der Waals surface area contributed by atoms with Gasteiger partial charge in [0.1, 0.15) is 5.42 Å². The van der Waals surface area contributed by atoms with Crippen LogP contribution in [0, 0.1) is 5.41 Å². The average molecular weight is 150 g/mol. The summed E-state index contributed by atoms with van der Waals surface area (Å²) in [7, 11) is 0. The molecule has 0 amide bonds. The van der Waals surface area contributed by atoms with Crippen LogP contribution in [0.2, 0.25) is 0 Å². The van der Waals surface area contributed by atoms with E-state index in [1.165, 1.54) is 0 Å². The van der Waals surface area contributed by atoms with E-state index >= 15 is 0 Å². The topological polar surface area (TPSA) is 13.1 Å². The lowest BCUT2D eigenvalue weighted by atomic mass is 9.96. The zero-order chi connectivity index (χ0) is 8.48. The van der Waals surface area contributed by atoms with Crippen molar-refractivity contribution in [2.45, 2.75) is 20.8 Å². The van der Waals surface area contributed by atoms with Gasteiger partial charge in [0.2, 0.25) is 0 Å². The maximum atomic E-state index is 5.07. The molecule has 0 atom stereocenters. The van der Waals surface area contributed by atoms with Crippen LogP contribution >= 0.6 is 0 Å². The molecule has 0 aliphatic rings. The van der Waals surface area contributed by atoms with E-state index in [2.05, 4.69) is 33.4 Å². The Balaban J connectivity index is 3.21. The molecular weight excluding hydrogens is 136 g/mol. The molecule has 0 N–H and O–H groups in total. The first-order valence-corrected chi connectivity index (χ1v) is 3.74. The highest BCUT2D eigenvalue weighted by molar-refractivity contribution is 5.29. The van der Waals surface area contributed by atoms with Gasteiger partial charge in [0.15, 0.2) is 0 Å². The number of hydrogen-bond donors (Lipinski definition) is 0.